The number of carbonyl (C=O) groups is 1. The third kappa shape index (κ3) is 2.62. The molecule has 0 spiro atoms. The number of esters is 1. The molecule has 0 saturated heterocycles. The van der Waals surface area contributed by atoms with E-state index in [1.54, 1.807) is 6.92 Å². The van der Waals surface area contributed by atoms with Crippen LogP contribution in [0.5, 0.6) is 6.01 Å². The van der Waals surface area contributed by atoms with Crippen LogP contribution in [0.1, 0.15) is 19.7 Å². The van der Waals surface area contributed by atoms with Crippen LogP contribution in [0, 0.1) is 0 Å². The van der Waals surface area contributed by atoms with Crippen molar-refractivity contribution in [2.45, 2.75) is 20.3 Å². The van der Waals surface area contributed by atoms with Crippen LogP contribution in [0.2, 0.25) is 0 Å². The second kappa shape index (κ2) is 4.45. The van der Waals surface area contributed by atoms with Crippen molar-refractivity contribution >= 4 is 5.97 Å². The number of aryl methyl sites for hydroxylation is 1. The van der Waals surface area contributed by atoms with Crippen LogP contribution >= 0.6 is 0 Å². The number of hydrogen-bond acceptors (Lipinski definition) is 5. The Hall–Kier alpha value is -1.78. The molecule has 0 N–H and O–H groups in total. The van der Waals surface area contributed by atoms with Crippen molar-refractivity contribution in [1.82, 2.24) is 15.0 Å². The van der Waals surface area contributed by atoms with Crippen molar-refractivity contribution in [2.24, 2.45) is 0 Å². The van der Waals surface area contributed by atoms with E-state index < -0.39 is 5.97 Å². The molecule has 0 unspecified atom stereocenters. The summed E-state index contributed by atoms with van der Waals surface area (Å²) >= 11 is 0. The molecule has 0 radical (unpaired) electrons. The van der Waals surface area contributed by atoms with Gasteiger partial charge in [-0.25, -0.2) is 9.78 Å². The van der Waals surface area contributed by atoms with Gasteiger partial charge in [0, 0.05) is 12.0 Å². The van der Waals surface area contributed by atoms with Crippen molar-refractivity contribution in [1.29, 1.82) is 0 Å². The number of carbonyl (C=O) groups excluding carboxylic acids is 1. The fraction of sp³-hybridized carbons (Fsp3) is 0.333. The lowest BCUT2D eigenvalue weighted by Crippen LogP contribution is -2.11. The molecule has 5 nitrogen and oxygen atoms in total. The molecule has 0 saturated carbocycles. The van der Waals surface area contributed by atoms with Gasteiger partial charge in [-0.3, -0.25) is 0 Å². The summed E-state index contributed by atoms with van der Waals surface area (Å²) < 4.78 is 4.82. The molecule has 0 aromatic carbocycles. The Morgan fingerprint density at radius 3 is 2.86 bits per heavy atom. The molecule has 0 aliphatic heterocycles. The lowest BCUT2D eigenvalue weighted by molar-refractivity contribution is -0.130. The van der Waals surface area contributed by atoms with Crippen LogP contribution in [-0.4, -0.2) is 20.9 Å². The largest absolute Gasteiger partial charge is 0.387 e. The third-order valence-corrected chi connectivity index (χ3v) is 1.45. The molecule has 0 atom stereocenters. The fourth-order valence-electron chi connectivity index (χ4n) is 0.703. The number of aromatic nitrogens is 3. The van der Waals surface area contributed by atoms with Gasteiger partial charge in [0.15, 0.2) is 0 Å². The van der Waals surface area contributed by atoms with E-state index in [-0.39, 0.29) is 6.01 Å². The van der Waals surface area contributed by atoms with E-state index >= 15 is 0 Å². The minimum atomic E-state index is -0.529. The van der Waals surface area contributed by atoms with Gasteiger partial charge >= 0.3 is 12.0 Å². The zero-order valence-corrected chi connectivity index (χ0v) is 8.15. The lowest BCUT2D eigenvalue weighted by Gasteiger charge is -2.01. The molecular formula is C9H11N3O2. The Balaban J connectivity index is 2.76. The predicted molar refractivity (Wildman–Crippen MR) is 49.7 cm³/mol. The maximum atomic E-state index is 11.1. The fourth-order valence-corrected chi connectivity index (χ4v) is 0.703. The van der Waals surface area contributed by atoms with Crippen LogP contribution in [0.15, 0.2) is 18.5 Å². The molecule has 1 aromatic heterocycles. The smallest absolute Gasteiger partial charge is 0.340 e. The second-order valence-electron chi connectivity index (χ2n) is 2.71. The first-order valence-corrected chi connectivity index (χ1v) is 4.19. The molecule has 0 amide bonds. The summed E-state index contributed by atoms with van der Waals surface area (Å²) in [7, 11) is 0. The zero-order chi connectivity index (χ0) is 10.6. The molecule has 0 aliphatic carbocycles. The van der Waals surface area contributed by atoms with Gasteiger partial charge in [0.25, 0.3) is 0 Å². The average molecular weight is 193 g/mol. The highest BCUT2D eigenvalue weighted by Gasteiger charge is 2.07. The molecule has 5 heteroatoms. The van der Waals surface area contributed by atoms with Crippen LogP contribution < -0.4 is 4.74 Å². The van der Waals surface area contributed by atoms with Gasteiger partial charge in [-0.15, -0.1) is 0 Å². The summed E-state index contributed by atoms with van der Waals surface area (Å²) in [5.74, 6) is 0.0581. The van der Waals surface area contributed by atoms with E-state index in [0.717, 1.165) is 0 Å². The van der Waals surface area contributed by atoms with Gasteiger partial charge in [-0.05, 0) is 6.92 Å². The molecule has 1 aromatic rings. The average Bonchev–Trinajstić information content (AvgIpc) is 2.18. The highest BCUT2D eigenvalue weighted by atomic mass is 16.5. The SMILES string of the molecule is C=C(C)C(=O)Oc1ncnc(CC)n1. The van der Waals surface area contributed by atoms with E-state index in [1.807, 2.05) is 6.92 Å². The van der Waals surface area contributed by atoms with E-state index in [1.165, 1.54) is 6.33 Å². The standard InChI is InChI=1S/C9H11N3O2/c1-4-7-10-5-11-9(12-7)14-8(13)6(2)3/h5H,2,4H2,1,3H3. The van der Waals surface area contributed by atoms with Crippen molar-refractivity contribution < 1.29 is 9.53 Å². The van der Waals surface area contributed by atoms with Crippen molar-refractivity contribution in [2.75, 3.05) is 0 Å². The highest BCUT2D eigenvalue weighted by Crippen LogP contribution is 2.03. The van der Waals surface area contributed by atoms with Gasteiger partial charge in [-0.1, -0.05) is 13.5 Å². The molecule has 0 aliphatic rings. The summed E-state index contributed by atoms with van der Waals surface area (Å²) in [5.41, 5.74) is 0.309. The Morgan fingerprint density at radius 2 is 2.29 bits per heavy atom. The summed E-state index contributed by atoms with van der Waals surface area (Å²) in [6.45, 7) is 6.91. The highest BCUT2D eigenvalue weighted by molar-refractivity contribution is 5.88. The third-order valence-electron chi connectivity index (χ3n) is 1.45. The lowest BCUT2D eigenvalue weighted by atomic mass is 10.4. The first-order chi connectivity index (χ1) is 6.63. The summed E-state index contributed by atoms with van der Waals surface area (Å²) in [4.78, 5) is 22.6. The van der Waals surface area contributed by atoms with Crippen LogP contribution in [0.25, 0.3) is 0 Å². The Labute approximate surface area is 81.9 Å². The quantitative estimate of drug-likeness (QED) is 0.527. The topological polar surface area (TPSA) is 65.0 Å². The van der Waals surface area contributed by atoms with Gasteiger partial charge < -0.3 is 4.74 Å². The Kier molecular flexibility index (Phi) is 3.28. The Morgan fingerprint density at radius 1 is 1.57 bits per heavy atom. The predicted octanol–water partition coefficient (Wildman–Crippen LogP) is 0.915. The molecule has 1 rings (SSSR count). The van der Waals surface area contributed by atoms with Crippen molar-refractivity contribution in [3.05, 3.63) is 24.3 Å². The molecule has 1 heterocycles. The van der Waals surface area contributed by atoms with E-state index in [2.05, 4.69) is 21.5 Å². The van der Waals surface area contributed by atoms with E-state index in [9.17, 15) is 4.79 Å². The molecular weight excluding hydrogens is 182 g/mol. The first-order valence-electron chi connectivity index (χ1n) is 4.19. The second-order valence-corrected chi connectivity index (χ2v) is 2.71. The zero-order valence-electron chi connectivity index (χ0n) is 8.15. The number of rotatable bonds is 3. The summed E-state index contributed by atoms with van der Waals surface area (Å²) in [5, 5.41) is 0. The van der Waals surface area contributed by atoms with Gasteiger partial charge in [0.05, 0.1) is 0 Å². The van der Waals surface area contributed by atoms with E-state index in [4.69, 9.17) is 4.74 Å². The number of hydrogen-bond donors (Lipinski definition) is 0. The monoisotopic (exact) mass is 193 g/mol. The molecule has 14 heavy (non-hydrogen) atoms. The van der Waals surface area contributed by atoms with Gasteiger partial charge in [0.1, 0.15) is 12.2 Å². The van der Waals surface area contributed by atoms with Crippen LogP contribution in [-0.2, 0) is 11.2 Å². The normalized spacial score (nSPS) is 9.57. The van der Waals surface area contributed by atoms with Gasteiger partial charge in [-0.2, -0.15) is 9.97 Å². The maximum Gasteiger partial charge on any atom is 0.340 e. The molecule has 0 bridgehead atoms. The van der Waals surface area contributed by atoms with Crippen molar-refractivity contribution in [3.8, 4) is 6.01 Å². The van der Waals surface area contributed by atoms with Crippen LogP contribution in [0.4, 0.5) is 0 Å². The summed E-state index contributed by atoms with van der Waals surface area (Å²) in [6.07, 6.45) is 1.98. The minimum absolute atomic E-state index is 0.0184. The van der Waals surface area contributed by atoms with Gasteiger partial charge in [0.2, 0.25) is 0 Å². The number of ether oxygens (including phenoxy) is 1. The summed E-state index contributed by atoms with van der Waals surface area (Å²) in [6, 6.07) is 0.0184. The Bertz CT molecular complexity index is 363. The first kappa shape index (κ1) is 10.3. The van der Waals surface area contributed by atoms with E-state index in [0.29, 0.717) is 17.8 Å². The van der Waals surface area contributed by atoms with Crippen molar-refractivity contribution in [3.63, 3.8) is 0 Å². The maximum absolute atomic E-state index is 11.1. The number of nitrogens with zero attached hydrogens (tertiary/aromatic N) is 3. The van der Waals surface area contributed by atoms with Crippen LogP contribution in [0.3, 0.4) is 0 Å². The minimum Gasteiger partial charge on any atom is -0.387 e. The molecule has 0 fully saturated rings. The molecule has 74 valence electrons.